The van der Waals surface area contributed by atoms with Crippen LogP contribution in [0, 0.1) is 0 Å². The van der Waals surface area contributed by atoms with Gasteiger partial charge in [-0.15, -0.1) is 0 Å². The molecule has 0 saturated carbocycles. The zero-order chi connectivity index (χ0) is 18.6. The lowest BCUT2D eigenvalue weighted by molar-refractivity contribution is -0.159. The zero-order valence-electron chi connectivity index (χ0n) is 13.9. The Kier molecular flexibility index (Phi) is 5.58. The largest absolute Gasteiger partial charge is 0.478 e. The van der Waals surface area contributed by atoms with Gasteiger partial charge in [0.2, 0.25) is 0 Å². The molecule has 134 valence electrons. The number of benzene rings is 1. The summed E-state index contributed by atoms with van der Waals surface area (Å²) in [6.07, 6.45) is -0.0813. The summed E-state index contributed by atoms with van der Waals surface area (Å²) < 4.78 is 5.99. The average molecular weight is 349 g/mol. The summed E-state index contributed by atoms with van der Waals surface area (Å²) in [6.45, 7) is 4.01. The molecule has 9 heteroatoms. The summed E-state index contributed by atoms with van der Waals surface area (Å²) in [4.78, 5) is 36.2. The van der Waals surface area contributed by atoms with Gasteiger partial charge in [0.25, 0.3) is 0 Å². The van der Waals surface area contributed by atoms with E-state index in [1.54, 1.807) is 6.92 Å². The van der Waals surface area contributed by atoms with E-state index in [0.29, 0.717) is 5.56 Å². The van der Waals surface area contributed by atoms with Gasteiger partial charge < -0.3 is 25.2 Å². The molecule has 25 heavy (non-hydrogen) atoms. The highest BCUT2D eigenvalue weighted by molar-refractivity contribution is 6.27. The molecule has 1 unspecified atom stereocenters. The first-order valence-corrected chi connectivity index (χ1v) is 7.56. The number of amidine groups is 1. The molecule has 3 rings (SSSR count). The van der Waals surface area contributed by atoms with E-state index < -0.39 is 11.9 Å². The Morgan fingerprint density at radius 2 is 1.96 bits per heavy atom. The number of nitrogens with zero attached hydrogens (tertiary/aromatic N) is 2. The molecule has 0 aromatic heterocycles. The number of anilines is 1. The van der Waals surface area contributed by atoms with Crippen LogP contribution in [0.3, 0.4) is 0 Å². The van der Waals surface area contributed by atoms with Gasteiger partial charge in [-0.3, -0.25) is 9.79 Å². The molecule has 1 aromatic rings. The van der Waals surface area contributed by atoms with Gasteiger partial charge in [-0.25, -0.2) is 9.59 Å². The molecule has 1 aromatic carbocycles. The quantitative estimate of drug-likeness (QED) is 0.512. The standard InChI is InChI=1S/C14H17N3O2.C2H2O4/c1-9(18)10-3-4-11-12(7-10)19-13(8-17(11)2)14-15-5-6-16-14;3-1(4)2(5)6/h3-4,7,13H,5-6,8H2,1-2H3,(H,15,16);(H,3,4)(H,5,6). The number of carbonyl (C=O) groups is 3. The van der Waals surface area contributed by atoms with Gasteiger partial charge in [-0.05, 0) is 25.1 Å². The fourth-order valence-electron chi connectivity index (χ4n) is 2.45. The fraction of sp³-hybridized carbons (Fsp3) is 0.375. The minimum atomic E-state index is -1.82. The molecule has 2 aliphatic heterocycles. The van der Waals surface area contributed by atoms with Gasteiger partial charge >= 0.3 is 11.9 Å². The molecule has 1 atom stereocenters. The number of hydrogen-bond donors (Lipinski definition) is 3. The van der Waals surface area contributed by atoms with Crippen molar-refractivity contribution in [2.45, 2.75) is 13.0 Å². The number of ether oxygens (including phenoxy) is 1. The van der Waals surface area contributed by atoms with Crippen LogP contribution in [-0.2, 0) is 9.59 Å². The number of carboxylic acids is 2. The number of Topliss-reactive ketones (excluding diaryl/α,β-unsaturated/α-hetero) is 1. The summed E-state index contributed by atoms with van der Waals surface area (Å²) in [5.74, 6) is -1.94. The van der Waals surface area contributed by atoms with Crippen molar-refractivity contribution in [3.8, 4) is 5.75 Å². The topological polar surface area (TPSA) is 129 Å². The van der Waals surface area contributed by atoms with Crippen molar-refractivity contribution >= 4 is 29.2 Å². The highest BCUT2D eigenvalue weighted by Crippen LogP contribution is 2.33. The van der Waals surface area contributed by atoms with E-state index in [2.05, 4.69) is 15.2 Å². The van der Waals surface area contributed by atoms with E-state index >= 15 is 0 Å². The monoisotopic (exact) mass is 349 g/mol. The predicted octanol–water partition coefficient (Wildman–Crippen LogP) is 0.244. The average Bonchev–Trinajstić information content (AvgIpc) is 3.09. The number of aliphatic imine (C=N–C) groups is 1. The number of carboxylic acid groups (broad SMARTS) is 2. The number of rotatable bonds is 2. The van der Waals surface area contributed by atoms with Crippen molar-refractivity contribution in [2.75, 3.05) is 31.6 Å². The van der Waals surface area contributed by atoms with Crippen LogP contribution in [0.1, 0.15) is 17.3 Å². The molecular weight excluding hydrogens is 330 g/mol. The lowest BCUT2D eigenvalue weighted by Crippen LogP contribution is -2.46. The molecule has 3 N–H and O–H groups in total. The van der Waals surface area contributed by atoms with Crippen LogP contribution in [0.4, 0.5) is 5.69 Å². The minimum Gasteiger partial charge on any atom is -0.478 e. The summed E-state index contributed by atoms with van der Waals surface area (Å²) in [6, 6.07) is 5.59. The van der Waals surface area contributed by atoms with E-state index in [1.165, 1.54) is 0 Å². The number of fused-ring (bicyclic) bond motifs is 1. The van der Waals surface area contributed by atoms with Crippen LogP contribution in [0.2, 0.25) is 0 Å². The SMILES string of the molecule is CC(=O)c1ccc2c(c1)OC(C1=NCCN1)CN2C.O=C(O)C(=O)O. The Balaban J connectivity index is 0.000000326. The van der Waals surface area contributed by atoms with Crippen LogP contribution < -0.4 is 15.0 Å². The molecule has 0 radical (unpaired) electrons. The van der Waals surface area contributed by atoms with Gasteiger partial charge in [0.1, 0.15) is 11.6 Å². The third-order valence-corrected chi connectivity index (χ3v) is 3.67. The first-order chi connectivity index (χ1) is 11.8. The van der Waals surface area contributed by atoms with Crippen LogP contribution in [0.5, 0.6) is 5.75 Å². The second-order valence-corrected chi connectivity index (χ2v) is 5.53. The van der Waals surface area contributed by atoms with Gasteiger partial charge in [0.05, 0.1) is 18.8 Å². The summed E-state index contributed by atoms with van der Waals surface area (Å²) in [5, 5.41) is 18.0. The molecule has 0 saturated heterocycles. The fourth-order valence-corrected chi connectivity index (χ4v) is 2.45. The molecule has 0 bridgehead atoms. The van der Waals surface area contributed by atoms with E-state index in [0.717, 1.165) is 36.9 Å². The van der Waals surface area contributed by atoms with Crippen LogP contribution in [0.15, 0.2) is 23.2 Å². The lowest BCUT2D eigenvalue weighted by atomic mass is 10.1. The number of carbonyl (C=O) groups excluding carboxylic acids is 1. The van der Waals surface area contributed by atoms with Gasteiger partial charge in [0, 0.05) is 19.2 Å². The molecule has 0 spiro atoms. The summed E-state index contributed by atoms with van der Waals surface area (Å²) in [5.41, 5.74) is 1.69. The number of likely N-dealkylation sites (N-methyl/N-ethyl adjacent to an activating group) is 1. The number of hydrogen-bond acceptors (Lipinski definition) is 7. The Hall–Kier alpha value is -3.10. The summed E-state index contributed by atoms with van der Waals surface area (Å²) >= 11 is 0. The smallest absolute Gasteiger partial charge is 0.414 e. The highest BCUT2D eigenvalue weighted by Gasteiger charge is 2.29. The van der Waals surface area contributed by atoms with Gasteiger partial charge in [-0.2, -0.15) is 0 Å². The van der Waals surface area contributed by atoms with Gasteiger partial charge in [0.15, 0.2) is 11.9 Å². The third kappa shape index (κ3) is 4.46. The maximum Gasteiger partial charge on any atom is 0.414 e. The Labute approximate surface area is 143 Å². The van der Waals surface area contributed by atoms with Crippen molar-refractivity contribution in [1.29, 1.82) is 0 Å². The molecule has 2 heterocycles. The zero-order valence-corrected chi connectivity index (χ0v) is 13.9. The molecule has 9 nitrogen and oxygen atoms in total. The molecule has 0 amide bonds. The normalized spacial score (nSPS) is 17.9. The maximum absolute atomic E-state index is 11.4. The first-order valence-electron chi connectivity index (χ1n) is 7.56. The molecule has 0 fully saturated rings. The summed E-state index contributed by atoms with van der Waals surface area (Å²) in [7, 11) is 2.03. The maximum atomic E-state index is 11.4. The van der Waals surface area contributed by atoms with Crippen LogP contribution in [-0.4, -0.2) is 66.6 Å². The van der Waals surface area contributed by atoms with E-state index in [4.69, 9.17) is 24.5 Å². The third-order valence-electron chi connectivity index (χ3n) is 3.67. The highest BCUT2D eigenvalue weighted by atomic mass is 16.5. The first kappa shape index (κ1) is 18.2. The lowest BCUT2D eigenvalue weighted by Gasteiger charge is -2.34. The van der Waals surface area contributed by atoms with E-state index in [9.17, 15) is 4.79 Å². The Morgan fingerprint density at radius 3 is 2.48 bits per heavy atom. The molecular formula is C16H19N3O6. The van der Waals surface area contributed by atoms with Gasteiger partial charge in [-0.1, -0.05) is 0 Å². The Bertz CT molecular complexity index is 719. The van der Waals surface area contributed by atoms with Crippen molar-refractivity contribution < 1.29 is 29.3 Å². The van der Waals surface area contributed by atoms with Crippen LogP contribution >= 0.6 is 0 Å². The minimum absolute atomic E-state index is 0.0486. The predicted molar refractivity (Wildman–Crippen MR) is 89.7 cm³/mol. The van der Waals surface area contributed by atoms with Crippen molar-refractivity contribution in [3.05, 3.63) is 23.8 Å². The van der Waals surface area contributed by atoms with Crippen LogP contribution in [0.25, 0.3) is 0 Å². The molecule has 0 aliphatic carbocycles. The van der Waals surface area contributed by atoms with Crippen molar-refractivity contribution in [3.63, 3.8) is 0 Å². The number of nitrogens with one attached hydrogen (secondary N) is 1. The second kappa shape index (κ2) is 7.65. The van der Waals surface area contributed by atoms with E-state index in [1.807, 2.05) is 25.2 Å². The van der Waals surface area contributed by atoms with E-state index in [-0.39, 0.29) is 11.9 Å². The Morgan fingerprint density at radius 1 is 1.28 bits per heavy atom. The molecule has 2 aliphatic rings. The van der Waals surface area contributed by atoms with Crippen molar-refractivity contribution in [1.82, 2.24) is 5.32 Å². The second-order valence-electron chi connectivity index (χ2n) is 5.53. The van der Waals surface area contributed by atoms with Crippen molar-refractivity contribution in [2.24, 2.45) is 4.99 Å². The number of ketones is 1. The number of aliphatic carboxylic acids is 2.